The molecule has 1 aromatic carbocycles. The van der Waals surface area contributed by atoms with E-state index in [1.54, 1.807) is 0 Å². The lowest BCUT2D eigenvalue weighted by Gasteiger charge is -2.00. The van der Waals surface area contributed by atoms with Gasteiger partial charge in [-0.1, -0.05) is 23.7 Å². The minimum absolute atomic E-state index is 0.0388. The van der Waals surface area contributed by atoms with Crippen LogP contribution in [-0.4, -0.2) is 21.0 Å². The Balaban J connectivity index is 1.92. The number of aromatic carboxylic acids is 1. The maximum Gasteiger partial charge on any atom is 0.337 e. The highest BCUT2D eigenvalue weighted by Crippen LogP contribution is 2.33. The van der Waals surface area contributed by atoms with Gasteiger partial charge in [-0.25, -0.2) is 14.8 Å². The number of hydrogen-bond donors (Lipinski definition) is 1. The molecule has 0 aliphatic heterocycles. The fourth-order valence-electron chi connectivity index (χ4n) is 1.59. The SMILES string of the molecule is O=C(O)c1cnc(Sc2nc3ccccc3o2)c(Cl)c1. The van der Waals surface area contributed by atoms with Gasteiger partial charge in [-0.2, -0.15) is 0 Å². The molecule has 5 nitrogen and oxygen atoms in total. The van der Waals surface area contributed by atoms with Crippen molar-refractivity contribution in [2.24, 2.45) is 0 Å². The number of rotatable bonds is 3. The summed E-state index contributed by atoms with van der Waals surface area (Å²) >= 11 is 7.15. The zero-order chi connectivity index (χ0) is 14.1. The van der Waals surface area contributed by atoms with Gasteiger partial charge in [0.2, 0.25) is 0 Å². The molecule has 7 heteroatoms. The third-order valence-corrected chi connectivity index (χ3v) is 3.78. The zero-order valence-corrected chi connectivity index (χ0v) is 11.5. The van der Waals surface area contributed by atoms with E-state index in [4.69, 9.17) is 21.1 Å². The van der Waals surface area contributed by atoms with Gasteiger partial charge in [-0.3, -0.25) is 0 Å². The fraction of sp³-hybridized carbons (Fsp3) is 0. The lowest BCUT2D eigenvalue weighted by Crippen LogP contribution is -1.97. The Labute approximate surface area is 122 Å². The summed E-state index contributed by atoms with van der Waals surface area (Å²) in [4.78, 5) is 19.1. The van der Waals surface area contributed by atoms with Crippen molar-refractivity contribution >= 4 is 40.4 Å². The Bertz CT molecular complexity index is 770. The minimum atomic E-state index is -1.07. The molecule has 2 aromatic heterocycles. The number of aromatic nitrogens is 2. The van der Waals surface area contributed by atoms with Crippen LogP contribution in [0.5, 0.6) is 0 Å². The van der Waals surface area contributed by atoms with E-state index in [0.29, 0.717) is 15.8 Å². The second-order valence-corrected chi connectivity index (χ2v) is 5.21. The quantitative estimate of drug-likeness (QED) is 0.794. The van der Waals surface area contributed by atoms with Gasteiger partial charge in [0.25, 0.3) is 5.22 Å². The molecule has 0 aliphatic rings. The summed E-state index contributed by atoms with van der Waals surface area (Å²) in [6, 6.07) is 8.73. The van der Waals surface area contributed by atoms with E-state index in [0.717, 1.165) is 17.3 Å². The summed E-state index contributed by atoms with van der Waals surface area (Å²) in [6.45, 7) is 0. The highest BCUT2D eigenvalue weighted by Gasteiger charge is 2.13. The first-order valence-electron chi connectivity index (χ1n) is 5.56. The molecular weight excluding hydrogens is 300 g/mol. The normalized spacial score (nSPS) is 10.8. The van der Waals surface area contributed by atoms with E-state index in [2.05, 4.69) is 9.97 Å². The van der Waals surface area contributed by atoms with Crippen LogP contribution >= 0.6 is 23.4 Å². The van der Waals surface area contributed by atoms with Crippen LogP contribution in [0.2, 0.25) is 5.02 Å². The molecule has 1 N–H and O–H groups in total. The van der Waals surface area contributed by atoms with Gasteiger partial charge in [0, 0.05) is 6.20 Å². The number of carboxylic acid groups (broad SMARTS) is 1. The van der Waals surface area contributed by atoms with E-state index in [1.807, 2.05) is 24.3 Å². The molecule has 0 unspecified atom stereocenters. The molecule has 0 amide bonds. The molecule has 0 atom stereocenters. The number of oxazole rings is 1. The largest absolute Gasteiger partial charge is 0.478 e. The maximum absolute atomic E-state index is 10.8. The summed E-state index contributed by atoms with van der Waals surface area (Å²) in [7, 11) is 0. The number of halogens is 1. The number of nitrogens with zero attached hydrogens (tertiary/aromatic N) is 2. The molecule has 0 bridgehead atoms. The van der Waals surface area contributed by atoms with Crippen molar-refractivity contribution in [2.75, 3.05) is 0 Å². The van der Waals surface area contributed by atoms with Crippen LogP contribution in [0.1, 0.15) is 10.4 Å². The number of pyridine rings is 1. The third kappa shape index (κ3) is 2.48. The standard InChI is InChI=1S/C13H7ClN2O3S/c14-8-5-7(12(17)18)6-15-11(8)20-13-16-9-3-1-2-4-10(9)19-13/h1-6H,(H,17,18). The molecule has 0 saturated carbocycles. The molecule has 100 valence electrons. The number of carboxylic acids is 1. The van der Waals surface area contributed by atoms with Crippen molar-refractivity contribution in [1.29, 1.82) is 0 Å². The minimum Gasteiger partial charge on any atom is -0.478 e. The lowest BCUT2D eigenvalue weighted by atomic mass is 10.3. The van der Waals surface area contributed by atoms with Crippen LogP contribution in [0.4, 0.5) is 0 Å². The third-order valence-electron chi connectivity index (χ3n) is 2.51. The molecule has 0 aliphatic carbocycles. The van der Waals surface area contributed by atoms with E-state index in [1.165, 1.54) is 12.3 Å². The van der Waals surface area contributed by atoms with Crippen molar-refractivity contribution in [2.45, 2.75) is 10.2 Å². The first-order valence-corrected chi connectivity index (χ1v) is 6.75. The number of hydrogen-bond acceptors (Lipinski definition) is 5. The molecule has 20 heavy (non-hydrogen) atoms. The second kappa shape index (κ2) is 5.15. The van der Waals surface area contributed by atoms with Gasteiger partial charge in [-0.05, 0) is 30.0 Å². The second-order valence-electron chi connectivity index (χ2n) is 3.87. The van der Waals surface area contributed by atoms with Crippen molar-refractivity contribution < 1.29 is 14.3 Å². The van der Waals surface area contributed by atoms with Crippen molar-refractivity contribution in [3.05, 3.63) is 47.1 Å². The van der Waals surface area contributed by atoms with Crippen molar-refractivity contribution in [3.63, 3.8) is 0 Å². The summed E-state index contributed by atoms with van der Waals surface area (Å²) in [5, 5.41) is 9.95. The molecule has 0 saturated heterocycles. The first kappa shape index (κ1) is 13.0. The van der Waals surface area contributed by atoms with E-state index in [9.17, 15) is 4.79 Å². The Hall–Kier alpha value is -2.05. The van der Waals surface area contributed by atoms with Gasteiger partial charge >= 0.3 is 5.97 Å². The average molecular weight is 307 g/mol. The Morgan fingerprint density at radius 2 is 2.15 bits per heavy atom. The molecule has 3 rings (SSSR count). The predicted molar refractivity (Wildman–Crippen MR) is 74.3 cm³/mol. The van der Waals surface area contributed by atoms with Gasteiger partial charge < -0.3 is 9.52 Å². The Morgan fingerprint density at radius 1 is 1.35 bits per heavy atom. The van der Waals surface area contributed by atoms with Gasteiger partial charge in [0.15, 0.2) is 5.58 Å². The van der Waals surface area contributed by atoms with Gasteiger partial charge in [-0.15, -0.1) is 0 Å². The average Bonchev–Trinajstić information content (AvgIpc) is 2.83. The molecule has 0 spiro atoms. The summed E-state index contributed by atoms with van der Waals surface area (Å²) < 4.78 is 5.54. The first-order chi connectivity index (χ1) is 9.63. The Morgan fingerprint density at radius 3 is 2.85 bits per heavy atom. The van der Waals surface area contributed by atoms with Crippen molar-refractivity contribution in [3.8, 4) is 0 Å². The molecular formula is C13H7ClN2O3S. The molecule has 0 fully saturated rings. The number of para-hydroxylation sites is 2. The monoisotopic (exact) mass is 306 g/mol. The zero-order valence-electron chi connectivity index (χ0n) is 9.91. The van der Waals surface area contributed by atoms with Crippen LogP contribution in [0.15, 0.2) is 51.2 Å². The number of benzene rings is 1. The summed E-state index contributed by atoms with van der Waals surface area (Å²) in [6.07, 6.45) is 1.25. The lowest BCUT2D eigenvalue weighted by molar-refractivity contribution is 0.0696. The summed E-state index contributed by atoms with van der Waals surface area (Å²) in [5.74, 6) is -1.07. The van der Waals surface area contributed by atoms with Gasteiger partial charge in [0.05, 0.1) is 10.6 Å². The van der Waals surface area contributed by atoms with Gasteiger partial charge in [0.1, 0.15) is 10.5 Å². The number of fused-ring (bicyclic) bond motifs is 1. The smallest absolute Gasteiger partial charge is 0.337 e. The van der Waals surface area contributed by atoms with Crippen LogP contribution < -0.4 is 0 Å². The number of carbonyl (C=O) groups is 1. The predicted octanol–water partition coefficient (Wildman–Crippen LogP) is 3.73. The van der Waals surface area contributed by atoms with E-state index < -0.39 is 5.97 Å². The highest BCUT2D eigenvalue weighted by atomic mass is 35.5. The topological polar surface area (TPSA) is 76.2 Å². The van der Waals surface area contributed by atoms with E-state index >= 15 is 0 Å². The maximum atomic E-state index is 10.8. The molecule has 3 aromatic rings. The Kier molecular flexibility index (Phi) is 3.33. The van der Waals surface area contributed by atoms with Crippen LogP contribution in [0.3, 0.4) is 0 Å². The summed E-state index contributed by atoms with van der Waals surface area (Å²) in [5.41, 5.74) is 1.46. The van der Waals surface area contributed by atoms with Crippen LogP contribution in [0, 0.1) is 0 Å². The highest BCUT2D eigenvalue weighted by molar-refractivity contribution is 7.99. The fourth-order valence-corrected chi connectivity index (χ4v) is 2.58. The van der Waals surface area contributed by atoms with Crippen LogP contribution in [-0.2, 0) is 0 Å². The molecule has 0 radical (unpaired) electrons. The van der Waals surface area contributed by atoms with Crippen molar-refractivity contribution in [1.82, 2.24) is 9.97 Å². The van der Waals surface area contributed by atoms with E-state index in [-0.39, 0.29) is 10.6 Å². The van der Waals surface area contributed by atoms with Crippen LogP contribution in [0.25, 0.3) is 11.1 Å². The molecule has 2 heterocycles.